The largest absolute Gasteiger partial charge is 1.00 e. The number of amides is 1. The molecule has 186 valence electrons. The number of rotatable bonds is 8. The van der Waals surface area contributed by atoms with Crippen LogP contribution < -0.4 is 22.0 Å². The van der Waals surface area contributed by atoms with Crippen molar-refractivity contribution in [2.75, 3.05) is 9.62 Å². The van der Waals surface area contributed by atoms with E-state index >= 15 is 0 Å². The molecule has 1 N–H and O–H groups in total. The van der Waals surface area contributed by atoms with Gasteiger partial charge in [0.15, 0.2) is 0 Å². The molecule has 2 aromatic carbocycles. The maximum atomic E-state index is 13.8. The number of sulfonamides is 1. The van der Waals surface area contributed by atoms with Gasteiger partial charge in [0.1, 0.15) is 11.6 Å². The molecule has 1 atom stereocenters. The molecule has 4 aromatic rings. The van der Waals surface area contributed by atoms with Crippen LogP contribution in [0.1, 0.15) is 29.1 Å². The Morgan fingerprint density at radius 3 is 2.47 bits per heavy atom. The first kappa shape index (κ1) is 26.4. The molecule has 4 rings (SSSR count). The monoisotopic (exact) mass is 527 g/mol. The van der Waals surface area contributed by atoms with E-state index in [-0.39, 0.29) is 34.2 Å². The van der Waals surface area contributed by atoms with Crippen LogP contribution in [-0.4, -0.2) is 24.2 Å². The number of hydrogen-bond donors (Lipinski definition) is 1. The van der Waals surface area contributed by atoms with Crippen molar-refractivity contribution < 1.29 is 35.0 Å². The molecule has 0 saturated heterocycles. The fourth-order valence-electron chi connectivity index (χ4n) is 3.49. The zero-order valence-corrected chi connectivity index (χ0v) is 20.4. The van der Waals surface area contributed by atoms with Gasteiger partial charge in [-0.2, -0.15) is 0 Å². The van der Waals surface area contributed by atoms with E-state index in [0.717, 1.165) is 6.07 Å². The molecule has 0 aliphatic carbocycles. The molecule has 0 spiro atoms. The number of carbonyl (C=O) groups excluding carboxylic acids is 1. The van der Waals surface area contributed by atoms with Crippen molar-refractivity contribution in [1.82, 2.24) is 4.98 Å². The van der Waals surface area contributed by atoms with Crippen LogP contribution >= 0.6 is 0 Å². The minimum Gasteiger partial charge on any atom is -1.00 e. The summed E-state index contributed by atoms with van der Waals surface area (Å²) < 4.78 is 33.9. The van der Waals surface area contributed by atoms with Gasteiger partial charge in [-0.25, -0.2) is 13.4 Å². The minimum atomic E-state index is -4.24. The highest BCUT2D eigenvalue weighted by Crippen LogP contribution is 2.30. The number of benzene rings is 2. The third-order valence-electron chi connectivity index (χ3n) is 5.20. The normalized spacial score (nSPS) is 11.7. The Hall–Kier alpha value is -4.22. The van der Waals surface area contributed by atoms with Gasteiger partial charge in [0.25, 0.3) is 21.6 Å². The Balaban J connectivity index is 0.00000361. The summed E-state index contributed by atoms with van der Waals surface area (Å²) in [6.07, 6.45) is 3.04. The lowest BCUT2D eigenvalue weighted by Gasteiger charge is -2.28. The molecule has 0 aliphatic heterocycles. The number of furan rings is 1. The van der Waals surface area contributed by atoms with Gasteiger partial charge in [-0.15, -0.1) is 0 Å². The van der Waals surface area contributed by atoms with E-state index in [1.807, 2.05) is 0 Å². The SMILES string of the molecule is CC(c1ccco1)N(C(=O)c1ccccc1NS(=O)(=O)c1cccc([N+](=O)[O-])c1)c1ccccn1.[Cl-]. The number of nitrogens with zero attached hydrogens (tertiary/aromatic N) is 3. The lowest BCUT2D eigenvalue weighted by Crippen LogP contribution is -3.00. The van der Waals surface area contributed by atoms with Crippen LogP contribution in [0.4, 0.5) is 17.2 Å². The Labute approximate surface area is 213 Å². The number of carbonyl (C=O) groups is 1. The number of hydrogen-bond acceptors (Lipinski definition) is 7. The number of nitrogens with one attached hydrogen (secondary N) is 1. The summed E-state index contributed by atoms with van der Waals surface area (Å²) in [7, 11) is -4.24. The summed E-state index contributed by atoms with van der Waals surface area (Å²) in [5.41, 5.74) is -0.298. The van der Waals surface area contributed by atoms with E-state index in [1.54, 1.807) is 55.6 Å². The van der Waals surface area contributed by atoms with E-state index in [0.29, 0.717) is 11.6 Å². The Kier molecular flexibility index (Phi) is 8.07. The van der Waals surface area contributed by atoms with E-state index in [1.165, 1.54) is 41.5 Å². The molecule has 36 heavy (non-hydrogen) atoms. The average Bonchev–Trinajstić information content (AvgIpc) is 3.40. The van der Waals surface area contributed by atoms with Gasteiger partial charge in [-0.3, -0.25) is 24.5 Å². The number of para-hydroxylation sites is 1. The van der Waals surface area contributed by atoms with Gasteiger partial charge in [0, 0.05) is 18.3 Å². The topological polar surface area (TPSA) is 136 Å². The van der Waals surface area contributed by atoms with Crippen molar-refractivity contribution in [2.45, 2.75) is 17.9 Å². The van der Waals surface area contributed by atoms with Crippen molar-refractivity contribution in [2.24, 2.45) is 0 Å². The average molecular weight is 528 g/mol. The third kappa shape index (κ3) is 5.53. The summed E-state index contributed by atoms with van der Waals surface area (Å²) in [6.45, 7) is 1.77. The maximum absolute atomic E-state index is 13.8. The molecule has 0 saturated carbocycles. The third-order valence-corrected chi connectivity index (χ3v) is 6.56. The first-order chi connectivity index (χ1) is 16.8. The second kappa shape index (κ2) is 11.0. The van der Waals surface area contributed by atoms with Crippen LogP contribution in [0, 0.1) is 10.1 Å². The highest BCUT2D eigenvalue weighted by Gasteiger charge is 2.29. The standard InChI is InChI=1S/C24H20N4O6S.ClH/c1-17(22-12-7-15-34-22)27(23-13-4-5-14-25-23)24(29)20-10-2-3-11-21(20)26-35(32,33)19-9-6-8-18(16-19)28(30)31;/h2-17,26H,1H3;1H/p-1. The second-order valence-electron chi connectivity index (χ2n) is 7.46. The first-order valence-electron chi connectivity index (χ1n) is 10.4. The molecule has 10 nitrogen and oxygen atoms in total. The quantitative estimate of drug-likeness (QED) is 0.272. The predicted molar refractivity (Wildman–Crippen MR) is 129 cm³/mol. The smallest absolute Gasteiger partial charge is 0.270 e. The molecule has 1 unspecified atom stereocenters. The van der Waals surface area contributed by atoms with Crippen LogP contribution in [0.3, 0.4) is 0 Å². The number of non-ortho nitro benzene ring substituents is 1. The lowest BCUT2D eigenvalue weighted by molar-refractivity contribution is -0.385. The van der Waals surface area contributed by atoms with Crippen molar-refractivity contribution in [3.8, 4) is 0 Å². The maximum Gasteiger partial charge on any atom is 0.270 e. The van der Waals surface area contributed by atoms with E-state index in [2.05, 4.69) is 9.71 Å². The fraction of sp³-hybridized carbons (Fsp3) is 0.0833. The zero-order chi connectivity index (χ0) is 25.0. The highest BCUT2D eigenvalue weighted by molar-refractivity contribution is 7.92. The van der Waals surface area contributed by atoms with Gasteiger partial charge in [-0.1, -0.05) is 24.3 Å². The van der Waals surface area contributed by atoms with Crippen molar-refractivity contribution >= 4 is 33.1 Å². The van der Waals surface area contributed by atoms with Crippen LogP contribution in [0.15, 0.2) is 101 Å². The molecule has 0 bridgehead atoms. The summed E-state index contributed by atoms with van der Waals surface area (Å²) in [4.78, 5) is 29.6. The van der Waals surface area contributed by atoms with Crippen LogP contribution in [-0.2, 0) is 10.0 Å². The molecule has 0 aliphatic rings. The van der Waals surface area contributed by atoms with E-state index in [9.17, 15) is 23.3 Å². The van der Waals surface area contributed by atoms with Crippen LogP contribution in [0.5, 0.6) is 0 Å². The number of aromatic nitrogens is 1. The van der Waals surface area contributed by atoms with E-state index in [4.69, 9.17) is 4.42 Å². The minimum absolute atomic E-state index is 0. The predicted octanol–water partition coefficient (Wildman–Crippen LogP) is 1.80. The second-order valence-corrected chi connectivity index (χ2v) is 9.14. The molecule has 12 heteroatoms. The molecule has 1 amide bonds. The Morgan fingerprint density at radius 2 is 1.81 bits per heavy atom. The Bertz CT molecular complexity index is 1460. The zero-order valence-electron chi connectivity index (χ0n) is 18.8. The highest BCUT2D eigenvalue weighted by atomic mass is 35.5. The number of nitro groups is 1. The summed E-state index contributed by atoms with van der Waals surface area (Å²) >= 11 is 0. The first-order valence-corrected chi connectivity index (χ1v) is 11.9. The van der Waals surface area contributed by atoms with Gasteiger partial charge in [0.05, 0.1) is 33.4 Å². The number of anilines is 2. The summed E-state index contributed by atoms with van der Waals surface area (Å²) in [5, 5.41) is 11.1. The van der Waals surface area contributed by atoms with Gasteiger partial charge < -0.3 is 16.8 Å². The van der Waals surface area contributed by atoms with Crippen molar-refractivity contribution in [3.05, 3.63) is 113 Å². The summed E-state index contributed by atoms with van der Waals surface area (Å²) in [5.74, 6) is 0.335. The number of nitro benzene ring substituents is 1. The molecular formula is C24H20ClN4O6S-. The van der Waals surface area contributed by atoms with Crippen molar-refractivity contribution in [1.29, 1.82) is 0 Å². The molecule has 0 fully saturated rings. The number of halogens is 1. The Morgan fingerprint density at radius 1 is 1.06 bits per heavy atom. The molecule has 2 aromatic heterocycles. The summed E-state index contributed by atoms with van der Waals surface area (Å²) in [6, 6.07) is 18.7. The molecule has 0 radical (unpaired) electrons. The van der Waals surface area contributed by atoms with Gasteiger partial charge in [-0.05, 0) is 49.4 Å². The van der Waals surface area contributed by atoms with Crippen LogP contribution in [0.2, 0.25) is 0 Å². The van der Waals surface area contributed by atoms with E-state index < -0.39 is 26.9 Å². The number of pyridine rings is 1. The molecule has 2 heterocycles. The molecular weight excluding hydrogens is 508 g/mol. The van der Waals surface area contributed by atoms with Crippen molar-refractivity contribution in [3.63, 3.8) is 0 Å². The van der Waals surface area contributed by atoms with Gasteiger partial charge >= 0.3 is 0 Å². The van der Waals surface area contributed by atoms with Crippen LogP contribution in [0.25, 0.3) is 0 Å². The fourth-order valence-corrected chi connectivity index (χ4v) is 4.61. The lowest BCUT2D eigenvalue weighted by atomic mass is 10.1. The van der Waals surface area contributed by atoms with Gasteiger partial charge in [0.2, 0.25) is 0 Å².